The van der Waals surface area contributed by atoms with E-state index in [1.54, 1.807) is 7.11 Å². The number of rotatable bonds is 6. The fourth-order valence-electron chi connectivity index (χ4n) is 7.10. The quantitative estimate of drug-likeness (QED) is 0.525. The lowest BCUT2D eigenvalue weighted by molar-refractivity contribution is -0.140. The average molecular weight is 484 g/mol. The number of alkyl halides is 2. The number of piperidine rings is 1. The van der Waals surface area contributed by atoms with E-state index >= 15 is 0 Å². The molecule has 0 radical (unpaired) electrons. The van der Waals surface area contributed by atoms with Crippen molar-refractivity contribution in [2.45, 2.75) is 87.5 Å². The second kappa shape index (κ2) is 8.94. The number of halogens is 2. The summed E-state index contributed by atoms with van der Waals surface area (Å²) in [6.07, 6.45) is 5.27. The molecule has 3 N–H and O–H groups in total. The number of amides is 2. The Morgan fingerprint density at radius 3 is 2.59 bits per heavy atom. The van der Waals surface area contributed by atoms with Gasteiger partial charge < -0.3 is 19.9 Å². The van der Waals surface area contributed by atoms with Crippen LogP contribution in [0.1, 0.15) is 51.9 Å². The summed E-state index contributed by atoms with van der Waals surface area (Å²) in [4.78, 5) is 30.5. The van der Waals surface area contributed by atoms with Gasteiger partial charge >= 0.3 is 0 Å². The number of methoxy groups -OCH3 is 1. The molecule has 0 spiro atoms. The molecule has 8 nitrogen and oxygen atoms in total. The number of hydrogen-bond acceptors (Lipinski definition) is 6. The van der Waals surface area contributed by atoms with Gasteiger partial charge in [-0.05, 0) is 51.4 Å². The number of nitrogens with one attached hydrogen (secondary N) is 3. The summed E-state index contributed by atoms with van der Waals surface area (Å²) in [6.45, 7) is 2.65. The van der Waals surface area contributed by atoms with Crippen LogP contribution in [-0.2, 0) is 14.3 Å². The first-order valence-corrected chi connectivity index (χ1v) is 12.8. The Bertz CT molecular complexity index is 804. The molecule has 0 aromatic carbocycles. The summed E-state index contributed by atoms with van der Waals surface area (Å²) in [7, 11) is 3.50. The minimum atomic E-state index is -2.72. The van der Waals surface area contributed by atoms with Crippen molar-refractivity contribution < 1.29 is 23.1 Å². The number of nitrogens with zero attached hydrogens (tertiary/aromatic N) is 2. The molecule has 3 aliphatic heterocycles. The van der Waals surface area contributed by atoms with Crippen molar-refractivity contribution in [3.8, 4) is 0 Å². The van der Waals surface area contributed by atoms with E-state index in [9.17, 15) is 18.4 Å². The van der Waals surface area contributed by atoms with Gasteiger partial charge in [-0.25, -0.2) is 14.2 Å². The van der Waals surface area contributed by atoms with Gasteiger partial charge in [0.05, 0.1) is 18.2 Å². The predicted octanol–water partition coefficient (Wildman–Crippen LogP) is 1.12. The molecule has 10 heteroatoms. The highest BCUT2D eigenvalue weighted by Gasteiger charge is 2.54. The van der Waals surface area contributed by atoms with Gasteiger partial charge in [0.2, 0.25) is 17.7 Å². The Labute approximate surface area is 200 Å². The van der Waals surface area contributed by atoms with E-state index in [-0.39, 0.29) is 41.3 Å². The number of carbonyl (C=O) groups is 2. The zero-order chi connectivity index (χ0) is 24.3. The molecule has 7 atom stereocenters. The molecule has 5 fully saturated rings. The van der Waals surface area contributed by atoms with Crippen LogP contribution >= 0.6 is 0 Å². The molecule has 2 amide bonds. The normalized spacial score (nSPS) is 38.9. The van der Waals surface area contributed by atoms with Crippen molar-refractivity contribution in [3.63, 3.8) is 0 Å². The third kappa shape index (κ3) is 4.24. The van der Waals surface area contributed by atoms with Crippen LogP contribution in [0.2, 0.25) is 0 Å². The number of fused-ring (bicyclic) bond motifs is 2. The smallest absolute Gasteiger partial charge is 0.248 e. The van der Waals surface area contributed by atoms with Gasteiger partial charge in [0.25, 0.3) is 0 Å². The fourth-order valence-corrected chi connectivity index (χ4v) is 7.10. The van der Waals surface area contributed by atoms with Crippen LogP contribution in [-0.4, -0.2) is 91.1 Å². The van der Waals surface area contributed by atoms with Crippen LogP contribution < -0.4 is 16.2 Å². The van der Waals surface area contributed by atoms with Crippen LogP contribution in [0.15, 0.2) is 0 Å². The topological polar surface area (TPSA) is 85.9 Å². The monoisotopic (exact) mass is 483 g/mol. The molecule has 2 saturated carbocycles. The van der Waals surface area contributed by atoms with E-state index in [0.29, 0.717) is 32.5 Å². The summed E-state index contributed by atoms with van der Waals surface area (Å²) in [6, 6.07) is -0.692. The van der Waals surface area contributed by atoms with Gasteiger partial charge in [-0.1, -0.05) is 6.42 Å². The average Bonchev–Trinajstić information content (AvgIpc) is 3.27. The molecule has 2 aliphatic carbocycles. The standard InChI is InChI=1S/C24H39F2N5O3/c1-23(25,26)16-5-4-6-17-14(16)11-19(27-17)21(32)31-10-7-18-15(12-31)20(29-28-18)22(33)30(2)24(8-9-24)13-34-3/h14-20,27-29H,4-13H2,1-3H3. The minimum Gasteiger partial charge on any atom is -0.382 e. The Morgan fingerprint density at radius 1 is 1.15 bits per heavy atom. The van der Waals surface area contributed by atoms with Crippen LogP contribution in [0.25, 0.3) is 0 Å². The lowest BCUT2D eigenvalue weighted by Crippen LogP contribution is -2.56. The van der Waals surface area contributed by atoms with Crippen LogP contribution in [0.3, 0.4) is 0 Å². The first kappa shape index (κ1) is 24.3. The number of hydrazine groups is 1. The largest absolute Gasteiger partial charge is 0.382 e. The minimum absolute atomic E-state index is 0.00415. The fraction of sp³-hybridized carbons (Fsp3) is 0.917. The highest BCUT2D eigenvalue weighted by atomic mass is 19.3. The van der Waals surface area contributed by atoms with Crippen LogP contribution in [0, 0.1) is 17.8 Å². The molecular formula is C24H39F2N5O3. The molecule has 0 bridgehead atoms. The zero-order valence-electron chi connectivity index (χ0n) is 20.5. The van der Waals surface area contributed by atoms with E-state index in [1.165, 1.54) is 0 Å². The molecule has 34 heavy (non-hydrogen) atoms. The molecule has 5 rings (SSSR count). The van der Waals surface area contributed by atoms with Crippen molar-refractivity contribution in [2.24, 2.45) is 17.8 Å². The van der Waals surface area contributed by atoms with Gasteiger partial charge in [-0.15, -0.1) is 0 Å². The maximum Gasteiger partial charge on any atom is 0.248 e. The van der Waals surface area contributed by atoms with Crippen molar-refractivity contribution in [3.05, 3.63) is 0 Å². The SMILES string of the molecule is COCC1(N(C)C(=O)C2NNC3CCN(C(=O)C4CC5C(CCCC5C(C)(F)F)N4)CC32)CC1. The lowest BCUT2D eigenvalue weighted by atomic mass is 9.73. The van der Waals surface area contributed by atoms with Gasteiger partial charge in [0.1, 0.15) is 6.04 Å². The third-order valence-electron chi connectivity index (χ3n) is 9.31. The number of carbonyl (C=O) groups excluding carboxylic acids is 2. The number of ether oxygens (including phenoxy) is 1. The van der Waals surface area contributed by atoms with Crippen molar-refractivity contribution >= 4 is 11.8 Å². The van der Waals surface area contributed by atoms with Gasteiger partial charge in [0, 0.05) is 51.2 Å². The number of likely N-dealkylation sites (N-methyl/N-ethyl adjacent to an activating group) is 1. The molecule has 3 saturated heterocycles. The number of likely N-dealkylation sites (tertiary alicyclic amines) is 1. The molecule has 0 aromatic rings. The summed E-state index contributed by atoms with van der Waals surface area (Å²) in [5.74, 6) is -3.54. The molecule has 7 unspecified atom stereocenters. The van der Waals surface area contributed by atoms with Crippen LogP contribution in [0.4, 0.5) is 8.78 Å². The first-order valence-electron chi connectivity index (χ1n) is 12.8. The predicted molar refractivity (Wildman–Crippen MR) is 122 cm³/mol. The molecule has 3 heterocycles. The van der Waals surface area contributed by atoms with E-state index in [2.05, 4.69) is 16.2 Å². The second-order valence-corrected chi connectivity index (χ2v) is 11.4. The molecule has 5 aliphatic rings. The Hall–Kier alpha value is -1.36. The third-order valence-corrected chi connectivity index (χ3v) is 9.31. The highest BCUT2D eigenvalue weighted by Crippen LogP contribution is 2.45. The van der Waals surface area contributed by atoms with Crippen molar-refractivity contribution in [1.29, 1.82) is 0 Å². The summed E-state index contributed by atoms with van der Waals surface area (Å²) in [5.41, 5.74) is 6.26. The van der Waals surface area contributed by atoms with E-state index in [1.807, 2.05) is 16.8 Å². The van der Waals surface area contributed by atoms with Gasteiger partial charge in [-0.2, -0.15) is 0 Å². The molecular weight excluding hydrogens is 444 g/mol. The molecule has 192 valence electrons. The lowest BCUT2D eigenvalue weighted by Gasteiger charge is -2.38. The van der Waals surface area contributed by atoms with Crippen molar-refractivity contribution in [1.82, 2.24) is 26.0 Å². The maximum absolute atomic E-state index is 14.2. The Morgan fingerprint density at radius 2 is 1.91 bits per heavy atom. The first-order chi connectivity index (χ1) is 16.1. The summed E-state index contributed by atoms with van der Waals surface area (Å²) < 4.78 is 33.8. The maximum atomic E-state index is 14.2. The summed E-state index contributed by atoms with van der Waals surface area (Å²) >= 11 is 0. The molecule has 0 aromatic heterocycles. The van der Waals surface area contributed by atoms with Crippen LogP contribution in [0.5, 0.6) is 0 Å². The zero-order valence-corrected chi connectivity index (χ0v) is 20.5. The Kier molecular flexibility index (Phi) is 6.40. The number of hydrogen-bond donors (Lipinski definition) is 3. The van der Waals surface area contributed by atoms with E-state index in [4.69, 9.17) is 4.74 Å². The van der Waals surface area contributed by atoms with Gasteiger partial charge in [-0.3, -0.25) is 15.0 Å². The highest BCUT2D eigenvalue weighted by molar-refractivity contribution is 5.85. The van der Waals surface area contributed by atoms with E-state index in [0.717, 1.165) is 39.0 Å². The Balaban J connectivity index is 1.23. The summed E-state index contributed by atoms with van der Waals surface area (Å²) in [5, 5.41) is 3.40. The second-order valence-electron chi connectivity index (χ2n) is 11.4. The van der Waals surface area contributed by atoms with E-state index < -0.39 is 23.9 Å². The van der Waals surface area contributed by atoms with Gasteiger partial charge in [0.15, 0.2) is 0 Å². The van der Waals surface area contributed by atoms with Crippen molar-refractivity contribution in [2.75, 3.05) is 33.9 Å².